The van der Waals surface area contributed by atoms with Crippen LogP contribution in [0.3, 0.4) is 0 Å². The van der Waals surface area contributed by atoms with Crippen LogP contribution >= 0.6 is 0 Å². The molecule has 0 saturated heterocycles. The third kappa shape index (κ3) is 7.85. The predicted octanol–water partition coefficient (Wildman–Crippen LogP) is 8.34. The Morgan fingerprint density at radius 1 is 1.22 bits per heavy atom. The Morgan fingerprint density at radius 3 is 2.62 bits per heavy atom. The summed E-state index contributed by atoms with van der Waals surface area (Å²) < 4.78 is 33.9. The van der Waals surface area contributed by atoms with E-state index in [-0.39, 0.29) is 17.2 Å². The number of carbonyl (C=O) groups excluding carboxylic acids is 1. The van der Waals surface area contributed by atoms with Gasteiger partial charge in [0.05, 0.1) is 5.56 Å². The van der Waals surface area contributed by atoms with Crippen molar-refractivity contribution in [1.29, 1.82) is 5.26 Å². The molecule has 1 aromatic carbocycles. The molecule has 2 atom stereocenters. The number of rotatable bonds is 10. The van der Waals surface area contributed by atoms with Gasteiger partial charge < -0.3 is 4.74 Å². The van der Waals surface area contributed by atoms with Crippen molar-refractivity contribution in [3.8, 4) is 11.8 Å². The highest BCUT2D eigenvalue weighted by Crippen LogP contribution is 2.33. The van der Waals surface area contributed by atoms with Crippen LogP contribution in [0.25, 0.3) is 0 Å². The summed E-state index contributed by atoms with van der Waals surface area (Å²) in [7, 11) is 0. The predicted molar refractivity (Wildman–Crippen MR) is 144 cm³/mol. The Labute approximate surface area is 218 Å². The molecule has 2 aliphatic carbocycles. The molecule has 1 aromatic rings. The number of carbonyl (C=O) groups is 1. The van der Waals surface area contributed by atoms with Gasteiger partial charge in [0.2, 0.25) is 0 Å². The third-order valence-corrected chi connectivity index (χ3v) is 6.74. The van der Waals surface area contributed by atoms with Gasteiger partial charge in [0.1, 0.15) is 23.8 Å². The van der Waals surface area contributed by atoms with Crippen LogP contribution in [0, 0.1) is 23.1 Å². The molecule has 0 heterocycles. The topological polar surface area (TPSA) is 50.1 Å². The quantitative estimate of drug-likeness (QED) is 0.184. The summed E-state index contributed by atoms with van der Waals surface area (Å²) in [6.45, 7) is 8.01. The second-order valence-corrected chi connectivity index (χ2v) is 9.40. The molecule has 0 radical (unpaired) electrons. The second kappa shape index (κ2) is 13.5. The molecule has 3 rings (SSSR count). The van der Waals surface area contributed by atoms with E-state index in [0.717, 1.165) is 41.2 Å². The molecule has 0 fully saturated rings. The summed E-state index contributed by atoms with van der Waals surface area (Å²) in [6, 6.07) is 5.44. The first-order chi connectivity index (χ1) is 17.8. The summed E-state index contributed by atoms with van der Waals surface area (Å²) in [6.07, 6.45) is 18.3. The fourth-order valence-corrected chi connectivity index (χ4v) is 4.49. The van der Waals surface area contributed by atoms with E-state index in [4.69, 9.17) is 10.00 Å². The summed E-state index contributed by atoms with van der Waals surface area (Å²) in [4.78, 5) is 12.4. The van der Waals surface area contributed by atoms with Crippen LogP contribution in [0.1, 0.15) is 57.9 Å². The van der Waals surface area contributed by atoms with Gasteiger partial charge in [0.15, 0.2) is 0 Å². The van der Waals surface area contributed by atoms with E-state index in [0.29, 0.717) is 31.3 Å². The summed E-state index contributed by atoms with van der Waals surface area (Å²) in [5, 5.41) is 8.81. The summed E-state index contributed by atoms with van der Waals surface area (Å²) in [5.74, 6) is -0.926. The number of benzene rings is 1. The molecule has 0 saturated carbocycles. The van der Waals surface area contributed by atoms with Crippen molar-refractivity contribution >= 4 is 5.97 Å². The fourth-order valence-electron chi connectivity index (χ4n) is 4.49. The zero-order chi connectivity index (χ0) is 26.8. The number of esters is 1. The first-order valence-corrected chi connectivity index (χ1v) is 12.6. The molecular weight excluding hydrogens is 468 g/mol. The van der Waals surface area contributed by atoms with Crippen molar-refractivity contribution in [2.24, 2.45) is 5.92 Å². The van der Waals surface area contributed by atoms with Crippen LogP contribution in [0.4, 0.5) is 8.78 Å². The molecule has 0 amide bonds. The summed E-state index contributed by atoms with van der Waals surface area (Å²) in [5.41, 5.74) is 4.62. The van der Waals surface area contributed by atoms with Gasteiger partial charge in [-0.1, -0.05) is 73.3 Å². The second-order valence-electron chi connectivity index (χ2n) is 9.40. The Balaban J connectivity index is 1.54. The van der Waals surface area contributed by atoms with Gasteiger partial charge >= 0.3 is 5.97 Å². The monoisotopic (exact) mass is 501 g/mol. The largest absolute Gasteiger partial charge is 0.423 e. The highest BCUT2D eigenvalue weighted by Gasteiger charge is 2.22. The Morgan fingerprint density at radius 2 is 2.00 bits per heavy atom. The molecule has 0 spiro atoms. The zero-order valence-electron chi connectivity index (χ0n) is 21.5. The van der Waals surface area contributed by atoms with Gasteiger partial charge in [-0.2, -0.15) is 5.26 Å². The smallest absolute Gasteiger partial charge is 0.339 e. The lowest BCUT2D eigenvalue weighted by atomic mass is 9.85. The minimum atomic E-state index is -0.975. The lowest BCUT2D eigenvalue weighted by molar-refractivity contribution is -0.130. The standard InChI is InChI=1S/C32H33F2NO2/c1-4-6-7-25(5-2)22(3)18-24-11-13-26(30(33)19-24)12-8-23-9-14-27(15-10-23)32(36)37-29-17-16-28(21-35)31(34)20-29/h4-7,9,11,13-14,16-17,20,22,30H,2,8,10,12,15,18-19H2,1,3H3/b6-4-,25-7+/t22-,30?/m1/s1. The normalized spacial score (nSPS) is 18.8. The van der Waals surface area contributed by atoms with Crippen molar-refractivity contribution in [3.63, 3.8) is 0 Å². The van der Waals surface area contributed by atoms with Crippen LogP contribution in [0.15, 0.2) is 101 Å². The van der Waals surface area contributed by atoms with Crippen molar-refractivity contribution in [1.82, 2.24) is 0 Å². The van der Waals surface area contributed by atoms with E-state index < -0.39 is 18.0 Å². The van der Waals surface area contributed by atoms with E-state index in [1.807, 2.05) is 37.3 Å². The Hall–Kier alpha value is -3.78. The van der Waals surface area contributed by atoms with E-state index in [1.165, 1.54) is 12.1 Å². The minimum absolute atomic E-state index is 0.0618. The Kier molecular flexibility index (Phi) is 10.1. The van der Waals surface area contributed by atoms with E-state index in [1.54, 1.807) is 12.1 Å². The van der Waals surface area contributed by atoms with Crippen molar-refractivity contribution in [2.75, 3.05) is 0 Å². The maximum atomic E-state index is 14.9. The SMILES string of the molecule is C=C/C(=C\C=C/C)[C@H](C)CC1=CC=C(CCC2=CC=C(C(=O)Oc3ccc(C#N)c(F)c3)CC2)C(F)C1. The van der Waals surface area contributed by atoms with Crippen LogP contribution in [0.5, 0.6) is 5.75 Å². The fraction of sp³-hybridized carbons (Fsp3) is 0.312. The van der Waals surface area contributed by atoms with Gasteiger partial charge in [-0.15, -0.1) is 0 Å². The lowest BCUT2D eigenvalue weighted by Gasteiger charge is -2.22. The minimum Gasteiger partial charge on any atom is -0.423 e. The van der Waals surface area contributed by atoms with Crippen LogP contribution in [-0.4, -0.2) is 12.1 Å². The van der Waals surface area contributed by atoms with Gasteiger partial charge in [-0.25, -0.2) is 13.6 Å². The molecule has 0 aromatic heterocycles. The molecule has 37 heavy (non-hydrogen) atoms. The Bertz CT molecular complexity index is 1250. The number of allylic oxidation sites excluding steroid dienone is 12. The third-order valence-electron chi connectivity index (χ3n) is 6.74. The molecule has 5 heteroatoms. The molecule has 192 valence electrons. The maximum absolute atomic E-state index is 14.9. The number of hydrogen-bond donors (Lipinski definition) is 0. The number of halogens is 2. The van der Waals surface area contributed by atoms with Gasteiger partial charge in [-0.3, -0.25) is 0 Å². The van der Waals surface area contributed by atoms with E-state index in [2.05, 4.69) is 25.7 Å². The average molecular weight is 502 g/mol. The van der Waals surface area contributed by atoms with Crippen LogP contribution in [-0.2, 0) is 4.79 Å². The van der Waals surface area contributed by atoms with Gasteiger partial charge in [0, 0.05) is 18.1 Å². The van der Waals surface area contributed by atoms with Crippen molar-refractivity contribution in [2.45, 2.75) is 58.5 Å². The van der Waals surface area contributed by atoms with Crippen LogP contribution in [0.2, 0.25) is 0 Å². The zero-order valence-corrected chi connectivity index (χ0v) is 21.5. The molecule has 0 N–H and O–H groups in total. The molecular formula is C32H33F2NO2. The highest BCUT2D eigenvalue weighted by atomic mass is 19.1. The number of hydrogen-bond acceptors (Lipinski definition) is 3. The number of nitriles is 1. The van der Waals surface area contributed by atoms with Crippen molar-refractivity contribution in [3.05, 3.63) is 113 Å². The van der Waals surface area contributed by atoms with E-state index >= 15 is 0 Å². The first-order valence-electron chi connectivity index (χ1n) is 12.6. The number of alkyl halides is 1. The molecule has 0 aliphatic heterocycles. The molecule has 3 nitrogen and oxygen atoms in total. The van der Waals surface area contributed by atoms with Crippen LogP contribution < -0.4 is 4.74 Å². The molecule has 1 unspecified atom stereocenters. The van der Waals surface area contributed by atoms with Crippen molar-refractivity contribution < 1.29 is 18.3 Å². The van der Waals surface area contributed by atoms with E-state index in [9.17, 15) is 13.6 Å². The molecule has 0 bridgehead atoms. The van der Waals surface area contributed by atoms with Gasteiger partial charge in [-0.05, 0) is 68.2 Å². The maximum Gasteiger partial charge on any atom is 0.339 e. The van der Waals surface area contributed by atoms with Gasteiger partial charge in [0.25, 0.3) is 0 Å². The average Bonchev–Trinajstić information content (AvgIpc) is 2.89. The summed E-state index contributed by atoms with van der Waals surface area (Å²) >= 11 is 0. The molecule has 2 aliphatic rings. The highest BCUT2D eigenvalue weighted by molar-refractivity contribution is 5.90. The number of ether oxygens (including phenoxy) is 1. The number of nitrogens with zero attached hydrogens (tertiary/aromatic N) is 1. The first kappa shape index (κ1) is 27.8. The lowest BCUT2D eigenvalue weighted by Crippen LogP contribution is -2.14.